The average molecular weight is 227 g/mol. The normalized spacial score (nSPS) is 24.1. The Morgan fingerprint density at radius 3 is 2.81 bits per heavy atom. The summed E-state index contributed by atoms with van der Waals surface area (Å²) in [6, 6.07) is -0.374. The zero-order valence-corrected chi connectivity index (χ0v) is 10.8. The summed E-state index contributed by atoms with van der Waals surface area (Å²) in [5.41, 5.74) is 5.64. The van der Waals surface area contributed by atoms with E-state index in [0.717, 1.165) is 19.6 Å². The first-order valence-corrected chi connectivity index (χ1v) is 6.27. The van der Waals surface area contributed by atoms with E-state index in [1.807, 2.05) is 11.8 Å². The Bertz CT molecular complexity index is 230. The van der Waals surface area contributed by atoms with Gasteiger partial charge in [-0.2, -0.15) is 0 Å². The van der Waals surface area contributed by atoms with Crippen LogP contribution in [0, 0.1) is 5.92 Å². The lowest BCUT2D eigenvalue weighted by atomic mass is 9.97. The highest BCUT2D eigenvalue weighted by atomic mass is 16.2. The van der Waals surface area contributed by atoms with Crippen LogP contribution in [0.2, 0.25) is 0 Å². The van der Waals surface area contributed by atoms with E-state index in [2.05, 4.69) is 11.9 Å². The van der Waals surface area contributed by atoms with Gasteiger partial charge in [0.25, 0.3) is 0 Å². The summed E-state index contributed by atoms with van der Waals surface area (Å²) in [6.45, 7) is 7.69. The Morgan fingerprint density at radius 2 is 2.31 bits per heavy atom. The molecule has 0 unspecified atom stereocenters. The fraction of sp³-hybridized carbons (Fsp3) is 0.917. The molecule has 0 aromatic carbocycles. The van der Waals surface area contributed by atoms with Gasteiger partial charge in [-0.25, -0.2) is 0 Å². The average Bonchev–Trinajstić information content (AvgIpc) is 2.25. The molecule has 0 spiro atoms. The fourth-order valence-electron chi connectivity index (χ4n) is 2.40. The van der Waals surface area contributed by atoms with Crippen LogP contribution in [0.25, 0.3) is 0 Å². The number of rotatable bonds is 4. The molecule has 1 fully saturated rings. The summed E-state index contributed by atoms with van der Waals surface area (Å²) in [6.07, 6.45) is 2.47. The van der Waals surface area contributed by atoms with Crippen LogP contribution in [0.1, 0.15) is 26.7 Å². The summed E-state index contributed by atoms with van der Waals surface area (Å²) in [7, 11) is 2.15. The van der Waals surface area contributed by atoms with E-state index < -0.39 is 0 Å². The van der Waals surface area contributed by atoms with Gasteiger partial charge in [-0.3, -0.25) is 4.79 Å². The van der Waals surface area contributed by atoms with Crippen LogP contribution in [0.3, 0.4) is 0 Å². The van der Waals surface area contributed by atoms with Crippen molar-refractivity contribution in [3.8, 4) is 0 Å². The number of amides is 1. The maximum Gasteiger partial charge on any atom is 0.239 e. The molecular weight excluding hydrogens is 202 g/mol. The second kappa shape index (κ2) is 6.21. The second-order valence-electron chi connectivity index (χ2n) is 4.94. The minimum absolute atomic E-state index is 0.0794. The van der Waals surface area contributed by atoms with Crippen LogP contribution < -0.4 is 5.73 Å². The maximum absolute atomic E-state index is 11.8. The monoisotopic (exact) mass is 227 g/mol. The highest BCUT2D eigenvalue weighted by Gasteiger charge is 2.23. The number of nitrogens with two attached hydrogens (primary N) is 1. The minimum Gasteiger partial charge on any atom is -0.341 e. The smallest absolute Gasteiger partial charge is 0.239 e. The van der Waals surface area contributed by atoms with Gasteiger partial charge in [0.1, 0.15) is 0 Å². The van der Waals surface area contributed by atoms with E-state index in [0.29, 0.717) is 5.92 Å². The largest absolute Gasteiger partial charge is 0.341 e. The van der Waals surface area contributed by atoms with Gasteiger partial charge in [-0.15, -0.1) is 0 Å². The van der Waals surface area contributed by atoms with Gasteiger partial charge < -0.3 is 15.5 Å². The second-order valence-corrected chi connectivity index (χ2v) is 4.94. The summed E-state index contributed by atoms with van der Waals surface area (Å²) in [4.78, 5) is 16.1. The summed E-state index contributed by atoms with van der Waals surface area (Å²) >= 11 is 0. The number of likely N-dealkylation sites (N-methyl/N-ethyl adjacent to an activating group) is 1. The van der Waals surface area contributed by atoms with Crippen molar-refractivity contribution in [3.05, 3.63) is 0 Å². The van der Waals surface area contributed by atoms with E-state index in [1.54, 1.807) is 6.92 Å². The lowest BCUT2D eigenvalue weighted by molar-refractivity contribution is -0.132. The molecule has 1 saturated heterocycles. The van der Waals surface area contributed by atoms with Crippen molar-refractivity contribution in [1.29, 1.82) is 0 Å². The lowest BCUT2D eigenvalue weighted by Gasteiger charge is -2.34. The number of carbonyl (C=O) groups excluding carboxylic acids is 1. The van der Waals surface area contributed by atoms with E-state index in [9.17, 15) is 4.79 Å². The van der Waals surface area contributed by atoms with E-state index >= 15 is 0 Å². The topological polar surface area (TPSA) is 49.6 Å². The van der Waals surface area contributed by atoms with E-state index in [1.165, 1.54) is 19.4 Å². The molecule has 0 saturated carbocycles. The first-order valence-electron chi connectivity index (χ1n) is 6.27. The quantitative estimate of drug-likeness (QED) is 0.762. The molecule has 1 rings (SSSR count). The van der Waals surface area contributed by atoms with Crippen LogP contribution >= 0.6 is 0 Å². The van der Waals surface area contributed by atoms with Gasteiger partial charge in [-0.05, 0) is 46.2 Å². The molecule has 1 heterocycles. The predicted octanol–water partition coefficient (Wildman–Crippen LogP) is 0.524. The third kappa shape index (κ3) is 3.76. The lowest BCUT2D eigenvalue weighted by Crippen LogP contribution is -2.46. The molecule has 0 radical (unpaired) electrons. The van der Waals surface area contributed by atoms with Gasteiger partial charge >= 0.3 is 0 Å². The molecular formula is C12H25N3O. The Kier molecular flexibility index (Phi) is 5.22. The van der Waals surface area contributed by atoms with Crippen molar-refractivity contribution in [1.82, 2.24) is 9.80 Å². The number of piperidine rings is 1. The van der Waals surface area contributed by atoms with Gasteiger partial charge in [0.15, 0.2) is 0 Å². The first kappa shape index (κ1) is 13.5. The van der Waals surface area contributed by atoms with Crippen molar-refractivity contribution in [2.24, 2.45) is 11.7 Å². The van der Waals surface area contributed by atoms with Crippen molar-refractivity contribution < 1.29 is 4.79 Å². The van der Waals surface area contributed by atoms with Gasteiger partial charge in [-0.1, -0.05) is 0 Å². The Balaban J connectivity index is 2.46. The molecule has 0 bridgehead atoms. The van der Waals surface area contributed by atoms with Gasteiger partial charge in [0, 0.05) is 19.6 Å². The molecule has 16 heavy (non-hydrogen) atoms. The third-order valence-corrected chi connectivity index (χ3v) is 3.28. The summed E-state index contributed by atoms with van der Waals surface area (Å²) in [5.74, 6) is 0.692. The molecule has 0 aromatic rings. The number of nitrogens with zero attached hydrogens (tertiary/aromatic N) is 2. The SMILES string of the molecule is CCN(C[C@H]1CCCN(C)C1)C(=O)[C@H](C)N. The number of hydrogen-bond donors (Lipinski definition) is 1. The standard InChI is InChI=1S/C12H25N3O/c1-4-15(12(16)10(2)13)9-11-6-5-7-14(3)8-11/h10-11H,4-9,13H2,1-3H3/t10-,11-/m0/s1. The van der Waals surface area contributed by atoms with Crippen molar-refractivity contribution in [2.45, 2.75) is 32.7 Å². The number of likely N-dealkylation sites (tertiary alicyclic amines) is 1. The van der Waals surface area contributed by atoms with Crippen LogP contribution in [0.5, 0.6) is 0 Å². The van der Waals surface area contributed by atoms with Crippen LogP contribution in [0.4, 0.5) is 0 Å². The molecule has 0 aromatic heterocycles. The van der Waals surface area contributed by atoms with Crippen molar-refractivity contribution >= 4 is 5.91 Å². The zero-order valence-electron chi connectivity index (χ0n) is 10.8. The highest BCUT2D eigenvalue weighted by molar-refractivity contribution is 5.81. The molecule has 2 atom stereocenters. The van der Waals surface area contributed by atoms with Crippen LogP contribution in [0.15, 0.2) is 0 Å². The van der Waals surface area contributed by atoms with Gasteiger partial charge in [0.2, 0.25) is 5.91 Å². The molecule has 4 heteroatoms. The molecule has 1 aliphatic rings. The zero-order chi connectivity index (χ0) is 12.1. The Labute approximate surface area is 98.8 Å². The summed E-state index contributed by atoms with van der Waals surface area (Å²) < 4.78 is 0. The van der Waals surface area contributed by atoms with Crippen LogP contribution in [-0.4, -0.2) is 55.0 Å². The molecule has 0 aliphatic carbocycles. The van der Waals surface area contributed by atoms with E-state index in [-0.39, 0.29) is 11.9 Å². The summed E-state index contributed by atoms with van der Waals surface area (Å²) in [5, 5.41) is 0. The Morgan fingerprint density at radius 1 is 1.62 bits per heavy atom. The first-order chi connectivity index (χ1) is 7.54. The molecule has 1 amide bonds. The fourth-order valence-corrected chi connectivity index (χ4v) is 2.40. The predicted molar refractivity (Wildman–Crippen MR) is 66.1 cm³/mol. The molecule has 94 valence electrons. The van der Waals surface area contributed by atoms with Crippen molar-refractivity contribution in [3.63, 3.8) is 0 Å². The minimum atomic E-state index is -0.374. The number of carbonyl (C=O) groups is 1. The van der Waals surface area contributed by atoms with Gasteiger partial charge in [0.05, 0.1) is 6.04 Å². The Hall–Kier alpha value is -0.610. The molecule has 2 N–H and O–H groups in total. The number of hydrogen-bond acceptors (Lipinski definition) is 3. The van der Waals surface area contributed by atoms with E-state index in [4.69, 9.17) is 5.73 Å². The van der Waals surface area contributed by atoms with Crippen LogP contribution in [-0.2, 0) is 4.79 Å². The molecule has 4 nitrogen and oxygen atoms in total. The highest BCUT2D eigenvalue weighted by Crippen LogP contribution is 2.16. The maximum atomic E-state index is 11.8. The third-order valence-electron chi connectivity index (χ3n) is 3.28. The molecule has 1 aliphatic heterocycles. The van der Waals surface area contributed by atoms with Crippen molar-refractivity contribution in [2.75, 3.05) is 33.2 Å².